The summed E-state index contributed by atoms with van der Waals surface area (Å²) in [6, 6.07) is 15.0. The van der Waals surface area contributed by atoms with Crippen molar-refractivity contribution in [2.24, 2.45) is 0 Å². The summed E-state index contributed by atoms with van der Waals surface area (Å²) in [6.45, 7) is 6.73. The fourth-order valence-electron chi connectivity index (χ4n) is 5.61. The minimum absolute atomic E-state index is 0.0793. The van der Waals surface area contributed by atoms with Gasteiger partial charge in [0, 0.05) is 63.7 Å². The average molecular weight is 573 g/mol. The maximum absolute atomic E-state index is 13.2. The molecule has 2 aliphatic rings. The van der Waals surface area contributed by atoms with Crippen LogP contribution in [0.5, 0.6) is 0 Å². The molecule has 42 heavy (non-hydrogen) atoms. The highest BCUT2D eigenvalue weighted by Gasteiger charge is 2.35. The lowest BCUT2D eigenvalue weighted by Crippen LogP contribution is -2.49. The summed E-state index contributed by atoms with van der Waals surface area (Å²) >= 11 is 0. The molecule has 0 aliphatic carbocycles. The quantitative estimate of drug-likeness (QED) is 0.400. The third-order valence-corrected chi connectivity index (χ3v) is 8.43. The van der Waals surface area contributed by atoms with E-state index in [0.717, 1.165) is 31.7 Å². The van der Waals surface area contributed by atoms with Gasteiger partial charge in [0.1, 0.15) is 0 Å². The van der Waals surface area contributed by atoms with Crippen molar-refractivity contribution in [3.8, 4) is 0 Å². The number of carbonyl (C=O) groups excluding carboxylic acids is 2. The number of aliphatic hydroxyl groups is 1. The van der Waals surface area contributed by atoms with Crippen LogP contribution in [0.1, 0.15) is 37.7 Å². The molecule has 2 aromatic carbocycles. The van der Waals surface area contributed by atoms with Crippen LogP contribution in [0, 0.1) is 0 Å². The molecule has 5 rings (SSSR count). The number of carbonyl (C=O) groups is 2. The van der Waals surface area contributed by atoms with Gasteiger partial charge in [-0.3, -0.25) is 19.0 Å². The molecule has 3 aromatic rings. The van der Waals surface area contributed by atoms with E-state index in [1.807, 2.05) is 41.4 Å². The zero-order valence-corrected chi connectivity index (χ0v) is 24.4. The summed E-state index contributed by atoms with van der Waals surface area (Å²) in [7, 11) is 2.08. The Labute approximate surface area is 246 Å². The number of anilines is 1. The predicted octanol–water partition coefficient (Wildman–Crippen LogP) is 2.64. The van der Waals surface area contributed by atoms with Gasteiger partial charge < -0.3 is 25.1 Å². The zero-order chi connectivity index (χ0) is 29.7. The topological polar surface area (TPSA) is 111 Å². The number of amides is 2. The predicted molar refractivity (Wildman–Crippen MR) is 163 cm³/mol. The molecular weight excluding hydrogens is 532 g/mol. The summed E-state index contributed by atoms with van der Waals surface area (Å²) in [5, 5.41) is 14.5. The average Bonchev–Trinajstić information content (AvgIpc) is 2.99. The Kier molecular flexibility index (Phi) is 9.03. The Hall–Kier alpha value is -4.02. The van der Waals surface area contributed by atoms with E-state index in [4.69, 9.17) is 0 Å². The number of piperazine rings is 1. The van der Waals surface area contributed by atoms with Gasteiger partial charge in [0.25, 0.3) is 5.56 Å². The number of likely N-dealkylation sites (N-methyl/N-ethyl adjacent to an activating group) is 1. The number of hydrogen-bond donors (Lipinski definition) is 2. The van der Waals surface area contributed by atoms with Crippen LogP contribution in [0.3, 0.4) is 0 Å². The van der Waals surface area contributed by atoms with E-state index in [9.17, 15) is 19.5 Å². The van der Waals surface area contributed by atoms with Gasteiger partial charge in [0.2, 0.25) is 11.8 Å². The van der Waals surface area contributed by atoms with Crippen LogP contribution < -0.4 is 10.9 Å². The van der Waals surface area contributed by atoms with Gasteiger partial charge in [-0.2, -0.15) is 0 Å². The van der Waals surface area contributed by atoms with Crippen molar-refractivity contribution in [1.82, 2.24) is 24.3 Å². The van der Waals surface area contributed by atoms with E-state index in [0.29, 0.717) is 48.9 Å². The fourth-order valence-corrected chi connectivity index (χ4v) is 5.61. The molecule has 1 atom stereocenters. The lowest BCUT2D eigenvalue weighted by atomic mass is 9.90. The van der Waals surface area contributed by atoms with Gasteiger partial charge in [0.05, 0.1) is 29.4 Å². The molecule has 0 spiro atoms. The Morgan fingerprint density at radius 1 is 1.05 bits per heavy atom. The lowest BCUT2D eigenvalue weighted by Gasteiger charge is -2.38. The van der Waals surface area contributed by atoms with E-state index in [-0.39, 0.29) is 29.8 Å². The van der Waals surface area contributed by atoms with Gasteiger partial charge in [-0.1, -0.05) is 37.3 Å². The second-order valence-electron chi connectivity index (χ2n) is 11.7. The number of hydrogen-bond acceptors (Lipinski definition) is 7. The van der Waals surface area contributed by atoms with E-state index in [1.165, 1.54) is 17.0 Å². The molecule has 0 saturated carbocycles. The van der Waals surface area contributed by atoms with Gasteiger partial charge in [-0.25, -0.2) is 4.98 Å². The largest absolute Gasteiger partial charge is 0.388 e. The number of rotatable bonds is 8. The third-order valence-electron chi connectivity index (χ3n) is 8.43. The van der Waals surface area contributed by atoms with Crippen molar-refractivity contribution in [2.75, 3.05) is 51.6 Å². The monoisotopic (exact) mass is 572 g/mol. The van der Waals surface area contributed by atoms with Crippen LogP contribution in [0.4, 0.5) is 5.69 Å². The highest BCUT2D eigenvalue weighted by atomic mass is 16.3. The third kappa shape index (κ3) is 7.24. The molecule has 2 aliphatic heterocycles. The Morgan fingerprint density at radius 3 is 2.48 bits per heavy atom. The summed E-state index contributed by atoms with van der Waals surface area (Å²) in [4.78, 5) is 49.2. The van der Waals surface area contributed by atoms with Crippen molar-refractivity contribution in [1.29, 1.82) is 0 Å². The molecule has 2 fully saturated rings. The Bertz CT molecular complexity index is 1490. The number of piperidine rings is 1. The standard InChI is InChI=1S/C32H40N6O4/c1-24(25-6-4-3-5-7-25)20-30(40)37-14-11-32(42,12-15-37)22-38-23-33-28-21-26(8-9-27(28)31(38)41)34-29(39)10-13-36-18-16-35(2)17-19-36/h3-10,13,21,23-24,42H,11-12,14-20,22H2,1-2H3,(H,34,39). The van der Waals surface area contributed by atoms with Crippen LogP contribution in [-0.2, 0) is 16.1 Å². The number of nitrogens with one attached hydrogen (secondary N) is 1. The van der Waals surface area contributed by atoms with E-state index < -0.39 is 5.60 Å². The molecule has 10 heteroatoms. The van der Waals surface area contributed by atoms with Gasteiger partial charge >= 0.3 is 0 Å². The highest BCUT2D eigenvalue weighted by molar-refractivity contribution is 6.00. The summed E-state index contributed by atoms with van der Waals surface area (Å²) in [5.74, 6) is -0.0482. The maximum Gasteiger partial charge on any atom is 0.261 e. The maximum atomic E-state index is 13.2. The minimum Gasteiger partial charge on any atom is -0.388 e. The number of nitrogens with zero attached hydrogens (tertiary/aromatic N) is 5. The van der Waals surface area contributed by atoms with Gasteiger partial charge in [-0.05, 0) is 49.6 Å². The minimum atomic E-state index is -1.11. The summed E-state index contributed by atoms with van der Waals surface area (Å²) in [5.41, 5.74) is 0.798. The van der Waals surface area contributed by atoms with Crippen LogP contribution in [0.2, 0.25) is 0 Å². The highest BCUT2D eigenvalue weighted by Crippen LogP contribution is 2.26. The van der Waals surface area contributed by atoms with Crippen molar-refractivity contribution in [2.45, 2.75) is 44.2 Å². The number of aromatic nitrogens is 2. The molecule has 0 bridgehead atoms. The van der Waals surface area contributed by atoms with Gasteiger partial charge in [0.15, 0.2) is 0 Å². The first kappa shape index (κ1) is 29.5. The molecule has 1 aromatic heterocycles. The molecule has 2 saturated heterocycles. The lowest BCUT2D eigenvalue weighted by molar-refractivity contribution is -0.136. The summed E-state index contributed by atoms with van der Waals surface area (Å²) in [6.07, 6.45) is 5.97. The molecular formula is C32H40N6O4. The van der Waals surface area contributed by atoms with Crippen molar-refractivity contribution in [3.05, 3.63) is 83.1 Å². The second-order valence-corrected chi connectivity index (χ2v) is 11.7. The number of fused-ring (bicyclic) bond motifs is 1. The van der Waals surface area contributed by atoms with E-state index in [1.54, 1.807) is 18.2 Å². The van der Waals surface area contributed by atoms with Crippen molar-refractivity contribution >= 4 is 28.4 Å². The fraction of sp³-hybridized carbons (Fsp3) is 0.438. The Morgan fingerprint density at radius 2 is 1.76 bits per heavy atom. The molecule has 10 nitrogen and oxygen atoms in total. The zero-order valence-electron chi connectivity index (χ0n) is 24.4. The van der Waals surface area contributed by atoms with Crippen LogP contribution in [0.15, 0.2) is 71.9 Å². The molecule has 2 amide bonds. The smallest absolute Gasteiger partial charge is 0.261 e. The molecule has 222 valence electrons. The normalized spacial score (nSPS) is 18.4. The van der Waals surface area contributed by atoms with Crippen LogP contribution in [-0.4, -0.2) is 93.1 Å². The second kappa shape index (κ2) is 12.9. The first-order valence-corrected chi connectivity index (χ1v) is 14.7. The Balaban J connectivity index is 1.16. The van der Waals surface area contributed by atoms with E-state index in [2.05, 4.69) is 34.1 Å². The number of likely N-dealkylation sites (tertiary alicyclic amines) is 1. The molecule has 0 radical (unpaired) electrons. The van der Waals surface area contributed by atoms with Gasteiger partial charge in [-0.15, -0.1) is 0 Å². The van der Waals surface area contributed by atoms with Crippen molar-refractivity contribution < 1.29 is 14.7 Å². The van der Waals surface area contributed by atoms with Crippen molar-refractivity contribution in [3.63, 3.8) is 0 Å². The SMILES string of the molecule is CC(CC(=O)N1CCC(O)(Cn2cnc3cc(NC(=O)C=CN4CCN(C)CC4)ccc3c2=O)CC1)c1ccccc1. The molecule has 1 unspecified atom stereocenters. The van der Waals surface area contributed by atoms with E-state index >= 15 is 0 Å². The first-order valence-electron chi connectivity index (χ1n) is 14.7. The summed E-state index contributed by atoms with van der Waals surface area (Å²) < 4.78 is 1.44. The molecule has 2 N–H and O–H groups in total. The first-order chi connectivity index (χ1) is 20.2. The molecule has 3 heterocycles. The number of benzene rings is 2. The van der Waals surface area contributed by atoms with Crippen LogP contribution >= 0.6 is 0 Å². The van der Waals surface area contributed by atoms with Crippen LogP contribution in [0.25, 0.3) is 10.9 Å².